The van der Waals surface area contributed by atoms with Crippen molar-refractivity contribution in [2.24, 2.45) is 11.7 Å². The van der Waals surface area contributed by atoms with Gasteiger partial charge in [0.05, 0.1) is 12.8 Å². The summed E-state index contributed by atoms with van der Waals surface area (Å²) in [5.41, 5.74) is 6.50. The van der Waals surface area contributed by atoms with Crippen LogP contribution in [-0.4, -0.2) is 19.1 Å². The first-order valence-corrected chi connectivity index (χ1v) is 6.37. The summed E-state index contributed by atoms with van der Waals surface area (Å²) in [6.07, 6.45) is 2.60. The number of benzene rings is 1. The predicted octanol–water partition coefficient (Wildman–Crippen LogP) is 2.41. The molecule has 1 unspecified atom stereocenters. The van der Waals surface area contributed by atoms with Crippen molar-refractivity contribution in [2.75, 3.05) is 12.4 Å². The van der Waals surface area contributed by atoms with Crippen LogP contribution >= 0.6 is 11.6 Å². The second kappa shape index (κ2) is 5.59. The molecule has 1 aromatic rings. The number of methoxy groups -OCH3 is 1. The van der Waals surface area contributed by atoms with Crippen LogP contribution < -0.4 is 15.8 Å². The van der Waals surface area contributed by atoms with E-state index in [0.29, 0.717) is 28.8 Å². The van der Waals surface area contributed by atoms with Crippen LogP contribution in [-0.2, 0) is 4.79 Å². The molecule has 0 bridgehead atoms. The minimum absolute atomic E-state index is 0.0461. The molecule has 1 aromatic carbocycles. The molecule has 0 aromatic heterocycles. The van der Waals surface area contributed by atoms with Gasteiger partial charge in [0.2, 0.25) is 5.91 Å². The highest BCUT2D eigenvalue weighted by Crippen LogP contribution is 2.33. The van der Waals surface area contributed by atoms with Crippen LogP contribution in [0.15, 0.2) is 18.2 Å². The fourth-order valence-electron chi connectivity index (χ4n) is 1.88. The summed E-state index contributed by atoms with van der Waals surface area (Å²) in [6, 6.07) is 5.06. The van der Waals surface area contributed by atoms with Crippen LogP contribution in [0.3, 0.4) is 0 Å². The molecule has 2 rings (SSSR count). The molecule has 0 radical (unpaired) electrons. The highest BCUT2D eigenvalue weighted by molar-refractivity contribution is 6.31. The van der Waals surface area contributed by atoms with Crippen LogP contribution in [0.5, 0.6) is 5.75 Å². The number of anilines is 1. The SMILES string of the molecule is COc1ccc(Cl)cc1NC(=O)CC(N)C1CC1. The molecule has 0 aliphatic heterocycles. The molecular weight excluding hydrogens is 252 g/mol. The Morgan fingerprint density at radius 2 is 2.33 bits per heavy atom. The van der Waals surface area contributed by atoms with Gasteiger partial charge in [0.1, 0.15) is 5.75 Å². The van der Waals surface area contributed by atoms with E-state index in [4.69, 9.17) is 22.1 Å². The van der Waals surface area contributed by atoms with E-state index in [1.165, 1.54) is 0 Å². The highest BCUT2D eigenvalue weighted by atomic mass is 35.5. The molecule has 1 atom stereocenters. The first-order valence-electron chi connectivity index (χ1n) is 5.99. The third-order valence-electron chi connectivity index (χ3n) is 3.08. The van der Waals surface area contributed by atoms with Crippen molar-refractivity contribution in [1.29, 1.82) is 0 Å². The lowest BCUT2D eigenvalue weighted by Gasteiger charge is -2.13. The summed E-state index contributed by atoms with van der Waals surface area (Å²) in [5, 5.41) is 3.34. The number of amides is 1. The van der Waals surface area contributed by atoms with Crippen LogP contribution in [0.4, 0.5) is 5.69 Å². The number of ether oxygens (including phenoxy) is 1. The Kier molecular flexibility index (Phi) is 4.09. The topological polar surface area (TPSA) is 64.3 Å². The molecule has 1 fully saturated rings. The molecule has 5 heteroatoms. The largest absolute Gasteiger partial charge is 0.495 e. The lowest BCUT2D eigenvalue weighted by atomic mass is 10.1. The van der Waals surface area contributed by atoms with E-state index < -0.39 is 0 Å². The lowest BCUT2D eigenvalue weighted by molar-refractivity contribution is -0.116. The molecule has 1 saturated carbocycles. The molecular formula is C13H17ClN2O2. The first kappa shape index (κ1) is 13.2. The number of carbonyl (C=O) groups is 1. The van der Waals surface area contributed by atoms with Gasteiger partial charge in [-0.25, -0.2) is 0 Å². The summed E-state index contributed by atoms with van der Waals surface area (Å²) in [6.45, 7) is 0. The van der Waals surface area contributed by atoms with E-state index in [2.05, 4.69) is 5.32 Å². The molecule has 1 aliphatic carbocycles. The van der Waals surface area contributed by atoms with Crippen LogP contribution in [0.2, 0.25) is 5.02 Å². The quantitative estimate of drug-likeness (QED) is 0.862. The third kappa shape index (κ3) is 3.37. The zero-order valence-corrected chi connectivity index (χ0v) is 11.0. The van der Waals surface area contributed by atoms with Gasteiger partial charge in [-0.2, -0.15) is 0 Å². The average molecular weight is 269 g/mol. The number of nitrogens with two attached hydrogens (primary N) is 1. The van der Waals surface area contributed by atoms with Crippen molar-refractivity contribution in [1.82, 2.24) is 0 Å². The van der Waals surface area contributed by atoms with E-state index in [9.17, 15) is 4.79 Å². The van der Waals surface area contributed by atoms with Gasteiger partial charge < -0.3 is 15.8 Å². The van der Waals surface area contributed by atoms with Gasteiger partial charge in [0.25, 0.3) is 0 Å². The normalized spacial score (nSPS) is 16.2. The fourth-order valence-corrected chi connectivity index (χ4v) is 2.06. The summed E-state index contributed by atoms with van der Waals surface area (Å²) in [7, 11) is 1.55. The maximum Gasteiger partial charge on any atom is 0.226 e. The number of nitrogens with one attached hydrogen (secondary N) is 1. The Hall–Kier alpha value is -1.26. The maximum atomic E-state index is 11.8. The van der Waals surface area contributed by atoms with Crippen molar-refractivity contribution >= 4 is 23.2 Å². The summed E-state index contributed by atoms with van der Waals surface area (Å²) >= 11 is 5.89. The van der Waals surface area contributed by atoms with Crippen molar-refractivity contribution < 1.29 is 9.53 Å². The standard InChI is InChI=1S/C13H17ClN2O2/c1-18-12-5-4-9(14)6-11(12)16-13(17)7-10(15)8-2-3-8/h4-6,8,10H,2-3,7,15H2,1H3,(H,16,17). The van der Waals surface area contributed by atoms with Gasteiger partial charge in [0.15, 0.2) is 0 Å². The van der Waals surface area contributed by atoms with Gasteiger partial charge >= 0.3 is 0 Å². The second-order valence-corrected chi connectivity index (χ2v) is 5.03. The minimum atomic E-state index is -0.102. The third-order valence-corrected chi connectivity index (χ3v) is 3.32. The monoisotopic (exact) mass is 268 g/mol. The molecule has 18 heavy (non-hydrogen) atoms. The van der Waals surface area contributed by atoms with Crippen molar-refractivity contribution in [3.05, 3.63) is 23.2 Å². The van der Waals surface area contributed by atoms with Crippen molar-refractivity contribution in [2.45, 2.75) is 25.3 Å². The Morgan fingerprint density at radius 1 is 1.61 bits per heavy atom. The Labute approximate surface area is 111 Å². The van der Waals surface area contributed by atoms with Crippen LogP contribution in [0, 0.1) is 5.92 Å². The molecule has 4 nitrogen and oxygen atoms in total. The van der Waals surface area contributed by atoms with Crippen molar-refractivity contribution in [3.8, 4) is 5.75 Å². The molecule has 0 heterocycles. The number of rotatable bonds is 5. The summed E-state index contributed by atoms with van der Waals surface area (Å²) < 4.78 is 5.16. The Bertz CT molecular complexity index is 447. The van der Waals surface area contributed by atoms with E-state index in [0.717, 1.165) is 12.8 Å². The lowest BCUT2D eigenvalue weighted by Crippen LogP contribution is -2.28. The number of halogens is 1. The number of hydrogen-bond donors (Lipinski definition) is 2. The maximum absolute atomic E-state index is 11.8. The van der Waals surface area contributed by atoms with E-state index >= 15 is 0 Å². The zero-order valence-electron chi connectivity index (χ0n) is 10.3. The summed E-state index contributed by atoms with van der Waals surface area (Å²) in [4.78, 5) is 11.8. The highest BCUT2D eigenvalue weighted by Gasteiger charge is 2.29. The molecule has 1 aliphatic rings. The number of hydrogen-bond acceptors (Lipinski definition) is 3. The van der Waals surface area contributed by atoms with E-state index in [1.807, 2.05) is 0 Å². The fraction of sp³-hybridized carbons (Fsp3) is 0.462. The molecule has 0 saturated heterocycles. The molecule has 0 spiro atoms. The molecule has 98 valence electrons. The predicted molar refractivity (Wildman–Crippen MR) is 72.0 cm³/mol. The number of carbonyl (C=O) groups excluding carboxylic acids is 1. The van der Waals surface area contributed by atoms with Gasteiger partial charge in [-0.15, -0.1) is 0 Å². The summed E-state index contributed by atoms with van der Waals surface area (Å²) in [5.74, 6) is 1.000. The molecule has 3 N–H and O–H groups in total. The van der Waals surface area contributed by atoms with Crippen LogP contribution in [0.1, 0.15) is 19.3 Å². The van der Waals surface area contributed by atoms with E-state index in [-0.39, 0.29) is 11.9 Å². The Balaban J connectivity index is 1.98. The van der Waals surface area contributed by atoms with Gasteiger partial charge in [-0.1, -0.05) is 11.6 Å². The first-order chi connectivity index (χ1) is 8.60. The van der Waals surface area contributed by atoms with Gasteiger partial charge in [0, 0.05) is 17.5 Å². The molecule has 1 amide bonds. The van der Waals surface area contributed by atoms with Crippen LogP contribution in [0.25, 0.3) is 0 Å². The van der Waals surface area contributed by atoms with Gasteiger partial charge in [-0.3, -0.25) is 4.79 Å². The minimum Gasteiger partial charge on any atom is -0.495 e. The second-order valence-electron chi connectivity index (χ2n) is 4.60. The zero-order chi connectivity index (χ0) is 13.1. The van der Waals surface area contributed by atoms with E-state index in [1.54, 1.807) is 25.3 Å². The average Bonchev–Trinajstić information content (AvgIpc) is 3.12. The van der Waals surface area contributed by atoms with Crippen molar-refractivity contribution in [3.63, 3.8) is 0 Å². The Morgan fingerprint density at radius 3 is 2.94 bits per heavy atom. The van der Waals surface area contributed by atoms with Gasteiger partial charge in [-0.05, 0) is 37.0 Å². The smallest absolute Gasteiger partial charge is 0.226 e.